The van der Waals surface area contributed by atoms with Crippen molar-refractivity contribution in [2.45, 2.75) is 38.8 Å². The molecule has 0 aliphatic carbocycles. The fourth-order valence-corrected chi connectivity index (χ4v) is 4.00. The Morgan fingerprint density at radius 3 is 2.77 bits per heavy atom. The van der Waals surface area contributed by atoms with Gasteiger partial charge in [0, 0.05) is 13.1 Å². The number of nitrogens with zero attached hydrogens (tertiary/aromatic N) is 1. The third-order valence-electron chi connectivity index (χ3n) is 5.54. The fraction of sp³-hybridized carbons (Fsp3) is 0.286. The van der Waals surface area contributed by atoms with E-state index < -0.39 is 13.1 Å². The molecule has 0 saturated heterocycles. The van der Waals surface area contributed by atoms with Gasteiger partial charge in [-0.3, -0.25) is 15.0 Å². The monoisotopic (exact) mass is 406 g/mol. The molecule has 1 atom stereocenters. The lowest BCUT2D eigenvalue weighted by Gasteiger charge is -2.29. The van der Waals surface area contributed by atoms with Crippen LogP contribution in [0.3, 0.4) is 0 Å². The number of Topliss-reactive ketones (excluding diaryl/α,β-unsaturated/α-hetero) is 1. The van der Waals surface area contributed by atoms with Crippen LogP contribution >= 0.6 is 0 Å². The Hall–Kier alpha value is -3.33. The summed E-state index contributed by atoms with van der Waals surface area (Å²) in [7, 11) is -1.23. The van der Waals surface area contributed by atoms with Crippen LogP contribution in [-0.4, -0.2) is 40.6 Å². The zero-order valence-electron chi connectivity index (χ0n) is 16.6. The first kappa shape index (κ1) is 20.0. The van der Waals surface area contributed by atoms with E-state index >= 15 is 0 Å². The molecule has 0 radical (unpaired) electrons. The van der Waals surface area contributed by atoms with Crippen molar-refractivity contribution in [3.63, 3.8) is 0 Å². The summed E-state index contributed by atoms with van der Waals surface area (Å²) in [5, 5.41) is 20.8. The van der Waals surface area contributed by atoms with Crippen LogP contribution in [0, 0.1) is 5.41 Å². The van der Waals surface area contributed by atoms with E-state index in [1.165, 1.54) is 6.92 Å². The summed E-state index contributed by atoms with van der Waals surface area (Å²) < 4.78 is 5.57. The molecule has 2 aliphatic heterocycles. The van der Waals surface area contributed by atoms with E-state index in [-0.39, 0.29) is 24.1 Å². The number of amides is 1. The lowest BCUT2D eigenvalue weighted by Crippen LogP contribution is -2.53. The maximum atomic E-state index is 12.6. The Kier molecular flexibility index (Phi) is 5.21. The molecule has 30 heavy (non-hydrogen) atoms. The van der Waals surface area contributed by atoms with Gasteiger partial charge in [0.05, 0.1) is 17.9 Å². The van der Waals surface area contributed by atoms with Crippen LogP contribution in [-0.2, 0) is 30.7 Å². The molecule has 154 valence electrons. The van der Waals surface area contributed by atoms with E-state index in [0.717, 1.165) is 22.3 Å². The zero-order valence-corrected chi connectivity index (χ0v) is 16.6. The van der Waals surface area contributed by atoms with Gasteiger partial charge in [-0.15, -0.1) is 0 Å². The van der Waals surface area contributed by atoms with E-state index in [4.69, 9.17) is 15.8 Å². The number of carbonyl (C=O) groups excluding carboxylic acids is 2. The normalized spacial score (nSPS) is 17.1. The molecule has 5 N–H and O–H groups in total. The van der Waals surface area contributed by atoms with Crippen molar-refractivity contribution in [2.24, 2.45) is 5.73 Å². The molecular weight excluding hydrogens is 383 g/mol. The highest BCUT2D eigenvalue weighted by molar-refractivity contribution is 6.47. The van der Waals surface area contributed by atoms with Gasteiger partial charge in [0.2, 0.25) is 5.91 Å². The van der Waals surface area contributed by atoms with Gasteiger partial charge in [-0.25, -0.2) is 0 Å². The van der Waals surface area contributed by atoms with E-state index in [2.05, 4.69) is 5.32 Å². The number of hydrogen-bond acceptors (Lipinski definition) is 5. The smallest absolute Gasteiger partial charge is 0.534 e. The molecule has 2 aromatic carbocycles. The number of fused-ring (bicyclic) bond motifs is 2. The Balaban J connectivity index is 1.42. The first-order valence-corrected chi connectivity index (χ1v) is 9.78. The van der Waals surface area contributed by atoms with Crippen LogP contribution < -0.4 is 15.7 Å². The number of nitrogens with one attached hydrogen (secondary N) is 2. The molecule has 0 spiro atoms. The highest BCUT2D eigenvalue weighted by Crippen LogP contribution is 2.30. The number of hydrogen-bond donors (Lipinski definition) is 4. The van der Waals surface area contributed by atoms with Gasteiger partial charge in [-0.2, -0.15) is 0 Å². The second-order valence-electron chi connectivity index (χ2n) is 7.76. The molecule has 8 nitrogen and oxygen atoms in total. The van der Waals surface area contributed by atoms with E-state index in [1.807, 2.05) is 24.3 Å². The van der Waals surface area contributed by atoms with Crippen molar-refractivity contribution in [1.29, 1.82) is 5.41 Å². The average molecular weight is 406 g/mol. The highest BCUT2D eigenvalue weighted by Gasteiger charge is 2.37. The minimum atomic E-state index is -1.23. The highest BCUT2D eigenvalue weighted by atomic mass is 16.5. The molecule has 2 aromatic rings. The van der Waals surface area contributed by atoms with Gasteiger partial charge in [0.1, 0.15) is 5.75 Å². The summed E-state index contributed by atoms with van der Waals surface area (Å²) in [5.74, 6) is -0.548. The van der Waals surface area contributed by atoms with Crippen LogP contribution in [0.15, 0.2) is 36.4 Å². The number of nitrogens with two attached hydrogens (primary N) is 1. The second kappa shape index (κ2) is 7.83. The molecule has 0 aromatic heterocycles. The third kappa shape index (κ3) is 3.88. The zero-order chi connectivity index (χ0) is 21.4. The van der Waals surface area contributed by atoms with E-state index in [9.17, 15) is 14.6 Å². The second-order valence-corrected chi connectivity index (χ2v) is 7.76. The Morgan fingerprint density at radius 1 is 1.27 bits per heavy atom. The number of ketones is 1. The molecule has 2 heterocycles. The van der Waals surface area contributed by atoms with Crippen molar-refractivity contribution in [2.75, 3.05) is 0 Å². The predicted octanol–water partition coefficient (Wildman–Crippen LogP) is 0.780. The average Bonchev–Trinajstić information content (AvgIpc) is 3.11. The topological polar surface area (TPSA) is 129 Å². The predicted molar refractivity (Wildman–Crippen MR) is 112 cm³/mol. The van der Waals surface area contributed by atoms with Gasteiger partial charge in [-0.1, -0.05) is 30.3 Å². The molecular formula is C21H23BN4O4. The molecule has 1 amide bonds. The first-order chi connectivity index (χ1) is 14.3. The maximum Gasteiger partial charge on any atom is 0.547 e. The Morgan fingerprint density at radius 2 is 2.03 bits per heavy atom. The maximum absolute atomic E-state index is 12.6. The van der Waals surface area contributed by atoms with Gasteiger partial charge >= 0.3 is 7.12 Å². The van der Waals surface area contributed by atoms with E-state index in [0.29, 0.717) is 30.8 Å². The van der Waals surface area contributed by atoms with Crippen LogP contribution in [0.2, 0.25) is 0 Å². The Labute approximate surface area is 174 Å². The Bertz CT molecular complexity index is 1040. The summed E-state index contributed by atoms with van der Waals surface area (Å²) in [6, 6.07) is 11.1. The molecule has 9 heteroatoms. The van der Waals surface area contributed by atoms with Crippen LogP contribution in [0.1, 0.15) is 39.5 Å². The van der Waals surface area contributed by atoms with Gasteiger partial charge in [0.25, 0.3) is 0 Å². The molecule has 0 saturated carbocycles. The lowest BCUT2D eigenvalue weighted by atomic mass is 9.72. The van der Waals surface area contributed by atoms with Crippen LogP contribution in [0.4, 0.5) is 0 Å². The minimum absolute atomic E-state index is 0.0324. The summed E-state index contributed by atoms with van der Waals surface area (Å²) in [6.07, 6.45) is 0.540. The number of guanidine groups is 1. The SMILES string of the molecule is CC(=O)c1cccc2c1OB(O)[C@@H](NC(=O)Cc1ccc3c(c1)CN(C(=N)N)C3)C2. The molecule has 0 unspecified atom stereocenters. The summed E-state index contributed by atoms with van der Waals surface area (Å²) >= 11 is 0. The van der Waals surface area contributed by atoms with Crippen LogP contribution in [0.25, 0.3) is 0 Å². The van der Waals surface area contributed by atoms with Gasteiger partial charge in [-0.05, 0) is 41.7 Å². The number of para-hydroxylation sites is 1. The minimum Gasteiger partial charge on any atom is -0.534 e. The van der Waals surface area contributed by atoms with Gasteiger partial charge in [0.15, 0.2) is 11.7 Å². The fourth-order valence-electron chi connectivity index (χ4n) is 4.00. The lowest BCUT2D eigenvalue weighted by molar-refractivity contribution is -0.120. The summed E-state index contributed by atoms with van der Waals surface area (Å²) in [4.78, 5) is 26.1. The number of benzene rings is 2. The van der Waals surface area contributed by atoms with Crippen molar-refractivity contribution < 1.29 is 19.3 Å². The van der Waals surface area contributed by atoms with Crippen LogP contribution in [0.5, 0.6) is 5.75 Å². The molecule has 4 rings (SSSR count). The van der Waals surface area contributed by atoms with Crippen molar-refractivity contribution >= 4 is 24.8 Å². The van der Waals surface area contributed by atoms with Crippen molar-refractivity contribution in [3.05, 3.63) is 64.2 Å². The van der Waals surface area contributed by atoms with Crippen molar-refractivity contribution in [3.8, 4) is 5.75 Å². The first-order valence-electron chi connectivity index (χ1n) is 9.78. The number of rotatable bonds is 4. The summed E-state index contributed by atoms with van der Waals surface area (Å²) in [6.45, 7) is 2.61. The molecule has 2 aliphatic rings. The number of carbonyl (C=O) groups is 2. The summed E-state index contributed by atoms with van der Waals surface area (Å²) in [5.41, 5.74) is 9.77. The quantitative estimate of drug-likeness (QED) is 0.257. The van der Waals surface area contributed by atoms with Crippen molar-refractivity contribution in [1.82, 2.24) is 10.2 Å². The van der Waals surface area contributed by atoms with Gasteiger partial charge < -0.3 is 25.6 Å². The molecule has 0 fully saturated rings. The third-order valence-corrected chi connectivity index (χ3v) is 5.54. The molecule has 0 bridgehead atoms. The van der Waals surface area contributed by atoms with E-state index in [1.54, 1.807) is 17.0 Å². The standard InChI is InChI=1S/C21H23BN4O4/c1-12(27)17-4-2-3-14-9-18(22(29)30-20(14)17)25-19(28)8-13-5-6-15-10-26(21(23)24)11-16(15)7-13/h2-7,18,29H,8-11H2,1H3,(H3,23,24)(H,25,28)/t18-/m0/s1. The largest absolute Gasteiger partial charge is 0.547 e.